The Balaban J connectivity index is 1.64. The molecule has 0 aliphatic heterocycles. The normalized spacial score (nSPS) is 10.4. The highest BCUT2D eigenvalue weighted by molar-refractivity contribution is 7.98. The van der Waals surface area contributed by atoms with Crippen molar-refractivity contribution in [2.75, 3.05) is 17.7 Å². The highest BCUT2D eigenvalue weighted by Crippen LogP contribution is 2.17. The van der Waals surface area contributed by atoms with Crippen molar-refractivity contribution in [3.8, 4) is 0 Å². The Bertz CT molecular complexity index is 659. The van der Waals surface area contributed by atoms with Gasteiger partial charge in [0.05, 0.1) is 6.61 Å². The van der Waals surface area contributed by atoms with Crippen LogP contribution in [0.4, 0.5) is 5.13 Å². The van der Waals surface area contributed by atoms with Crippen LogP contribution in [0.25, 0.3) is 0 Å². The number of hydrogen-bond acceptors (Lipinski definition) is 6. The Hall–Kier alpha value is -1.86. The lowest BCUT2D eigenvalue weighted by Crippen LogP contribution is -2.12. The SMILES string of the molecule is CCOC(=O)c1csc(NC(=O)CCCSCc2ccccc2)n1. The number of thiazole rings is 1. The Kier molecular flexibility index (Phi) is 7.77. The summed E-state index contributed by atoms with van der Waals surface area (Å²) < 4.78 is 4.86. The molecule has 1 amide bonds. The molecule has 0 radical (unpaired) electrons. The van der Waals surface area contributed by atoms with E-state index >= 15 is 0 Å². The van der Waals surface area contributed by atoms with E-state index in [0.29, 0.717) is 18.2 Å². The van der Waals surface area contributed by atoms with Crippen LogP contribution in [0.3, 0.4) is 0 Å². The van der Waals surface area contributed by atoms with E-state index in [2.05, 4.69) is 22.4 Å². The third-order valence-electron chi connectivity index (χ3n) is 3.04. The summed E-state index contributed by atoms with van der Waals surface area (Å²) in [5, 5.41) is 4.74. The molecule has 0 bridgehead atoms. The van der Waals surface area contributed by atoms with Crippen LogP contribution in [0.15, 0.2) is 35.7 Å². The summed E-state index contributed by atoms with van der Waals surface area (Å²) in [7, 11) is 0. The molecule has 0 fully saturated rings. The topological polar surface area (TPSA) is 68.3 Å². The van der Waals surface area contributed by atoms with Gasteiger partial charge in [0.1, 0.15) is 0 Å². The zero-order valence-corrected chi connectivity index (χ0v) is 15.1. The van der Waals surface area contributed by atoms with Crippen LogP contribution in [-0.2, 0) is 15.3 Å². The summed E-state index contributed by atoms with van der Waals surface area (Å²) in [6.45, 7) is 2.04. The zero-order valence-electron chi connectivity index (χ0n) is 13.5. The number of carbonyl (C=O) groups excluding carboxylic acids is 2. The van der Waals surface area contributed by atoms with Crippen LogP contribution in [0.5, 0.6) is 0 Å². The van der Waals surface area contributed by atoms with Crippen LogP contribution < -0.4 is 5.32 Å². The van der Waals surface area contributed by atoms with Crippen molar-refractivity contribution >= 4 is 40.1 Å². The fourth-order valence-corrected chi connectivity index (χ4v) is 3.53. The quantitative estimate of drug-likeness (QED) is 0.538. The van der Waals surface area contributed by atoms with Crippen molar-refractivity contribution in [3.05, 3.63) is 47.0 Å². The second-order valence-electron chi connectivity index (χ2n) is 4.95. The van der Waals surface area contributed by atoms with Gasteiger partial charge in [-0.2, -0.15) is 11.8 Å². The van der Waals surface area contributed by atoms with Crippen LogP contribution in [0.2, 0.25) is 0 Å². The summed E-state index contributed by atoms with van der Waals surface area (Å²) in [6, 6.07) is 10.3. The highest BCUT2D eigenvalue weighted by Gasteiger charge is 2.12. The van der Waals surface area contributed by atoms with Crippen molar-refractivity contribution in [2.24, 2.45) is 0 Å². The number of benzene rings is 1. The van der Waals surface area contributed by atoms with E-state index in [4.69, 9.17) is 4.74 Å². The summed E-state index contributed by atoms with van der Waals surface area (Å²) in [5.74, 6) is 1.33. The first-order valence-electron chi connectivity index (χ1n) is 7.73. The van der Waals surface area contributed by atoms with Crippen molar-refractivity contribution in [1.82, 2.24) is 4.98 Å². The number of thioether (sulfide) groups is 1. The monoisotopic (exact) mass is 364 g/mol. The lowest BCUT2D eigenvalue weighted by molar-refractivity contribution is -0.116. The van der Waals surface area contributed by atoms with Gasteiger partial charge in [-0.25, -0.2) is 9.78 Å². The smallest absolute Gasteiger partial charge is 0.357 e. The van der Waals surface area contributed by atoms with Gasteiger partial charge in [0, 0.05) is 17.6 Å². The van der Waals surface area contributed by atoms with Gasteiger partial charge in [-0.15, -0.1) is 11.3 Å². The van der Waals surface area contributed by atoms with Gasteiger partial charge < -0.3 is 10.1 Å². The molecule has 24 heavy (non-hydrogen) atoms. The van der Waals surface area contributed by atoms with E-state index in [1.54, 1.807) is 12.3 Å². The number of aromatic nitrogens is 1. The predicted molar refractivity (Wildman–Crippen MR) is 98.5 cm³/mol. The van der Waals surface area contributed by atoms with Gasteiger partial charge >= 0.3 is 5.97 Å². The molecule has 7 heteroatoms. The number of esters is 1. The molecule has 1 aromatic heterocycles. The summed E-state index contributed by atoms with van der Waals surface area (Å²) >= 11 is 3.04. The van der Waals surface area contributed by atoms with Gasteiger partial charge in [-0.05, 0) is 24.7 Å². The fraction of sp³-hybridized carbons (Fsp3) is 0.353. The minimum atomic E-state index is -0.466. The minimum absolute atomic E-state index is 0.0833. The Morgan fingerprint density at radius 1 is 1.29 bits per heavy atom. The maximum atomic E-state index is 11.9. The van der Waals surface area contributed by atoms with Crippen LogP contribution >= 0.6 is 23.1 Å². The van der Waals surface area contributed by atoms with E-state index < -0.39 is 5.97 Å². The first-order valence-corrected chi connectivity index (χ1v) is 9.76. The summed E-state index contributed by atoms with van der Waals surface area (Å²) in [5.41, 5.74) is 1.52. The standard InChI is InChI=1S/C17H20N2O3S2/c1-2-22-16(21)14-12-24-17(18-14)19-15(20)9-6-10-23-11-13-7-4-3-5-8-13/h3-5,7-8,12H,2,6,9-11H2,1H3,(H,18,19,20). The number of carbonyl (C=O) groups is 2. The number of ether oxygens (including phenoxy) is 1. The molecule has 0 saturated carbocycles. The lowest BCUT2D eigenvalue weighted by atomic mass is 10.2. The second-order valence-corrected chi connectivity index (χ2v) is 6.91. The van der Waals surface area contributed by atoms with Crippen LogP contribution in [0.1, 0.15) is 35.8 Å². The molecule has 128 valence electrons. The fourth-order valence-electron chi connectivity index (χ4n) is 1.91. The average Bonchev–Trinajstić information content (AvgIpc) is 3.04. The molecule has 0 atom stereocenters. The molecule has 0 unspecified atom stereocenters. The third kappa shape index (κ3) is 6.33. The van der Waals surface area contributed by atoms with E-state index in [1.165, 1.54) is 16.9 Å². The van der Waals surface area contributed by atoms with Gasteiger partial charge in [-0.1, -0.05) is 30.3 Å². The molecule has 0 aliphatic rings. The molecule has 0 aliphatic carbocycles. The third-order valence-corrected chi connectivity index (χ3v) is 4.91. The number of amides is 1. The highest BCUT2D eigenvalue weighted by atomic mass is 32.2. The Labute approximate surface area is 149 Å². The molecule has 0 saturated heterocycles. The van der Waals surface area contributed by atoms with Crippen LogP contribution in [0, 0.1) is 0 Å². The predicted octanol–water partition coefficient (Wildman–Crippen LogP) is 3.97. The number of anilines is 1. The summed E-state index contributed by atoms with van der Waals surface area (Å²) in [6.07, 6.45) is 1.25. The number of rotatable bonds is 9. The van der Waals surface area contributed by atoms with Crippen LogP contribution in [-0.4, -0.2) is 29.2 Å². The first-order chi connectivity index (χ1) is 11.7. The van der Waals surface area contributed by atoms with Crippen molar-refractivity contribution in [2.45, 2.75) is 25.5 Å². The second kappa shape index (κ2) is 10.1. The minimum Gasteiger partial charge on any atom is -0.461 e. The largest absolute Gasteiger partial charge is 0.461 e. The molecule has 1 heterocycles. The zero-order chi connectivity index (χ0) is 17.2. The number of nitrogens with one attached hydrogen (secondary N) is 1. The van der Waals surface area contributed by atoms with Crippen molar-refractivity contribution in [1.29, 1.82) is 0 Å². The Morgan fingerprint density at radius 2 is 2.08 bits per heavy atom. The average molecular weight is 364 g/mol. The van der Waals surface area contributed by atoms with E-state index in [1.807, 2.05) is 30.0 Å². The molecule has 0 spiro atoms. The molecular formula is C17H20N2O3S2. The maximum Gasteiger partial charge on any atom is 0.357 e. The van der Waals surface area contributed by atoms with E-state index in [0.717, 1.165) is 17.9 Å². The van der Waals surface area contributed by atoms with Gasteiger partial charge in [0.2, 0.25) is 5.91 Å². The molecule has 2 aromatic rings. The van der Waals surface area contributed by atoms with Crippen molar-refractivity contribution < 1.29 is 14.3 Å². The number of hydrogen-bond donors (Lipinski definition) is 1. The van der Waals surface area contributed by atoms with Gasteiger partial charge in [0.25, 0.3) is 0 Å². The molecule has 1 aromatic carbocycles. The molecule has 2 rings (SSSR count). The molecular weight excluding hydrogens is 344 g/mol. The van der Waals surface area contributed by atoms with Crippen molar-refractivity contribution in [3.63, 3.8) is 0 Å². The maximum absolute atomic E-state index is 11.9. The molecule has 1 N–H and O–H groups in total. The van der Waals surface area contributed by atoms with E-state index in [9.17, 15) is 9.59 Å². The first kappa shape index (κ1) is 18.5. The lowest BCUT2D eigenvalue weighted by Gasteiger charge is -2.03. The number of nitrogens with zero attached hydrogens (tertiary/aromatic N) is 1. The van der Waals surface area contributed by atoms with Gasteiger partial charge in [-0.3, -0.25) is 4.79 Å². The Morgan fingerprint density at radius 3 is 2.83 bits per heavy atom. The molecule has 5 nitrogen and oxygen atoms in total. The van der Waals surface area contributed by atoms with E-state index in [-0.39, 0.29) is 11.6 Å². The van der Waals surface area contributed by atoms with Gasteiger partial charge in [0.15, 0.2) is 10.8 Å². The summed E-state index contributed by atoms with van der Waals surface area (Å²) in [4.78, 5) is 27.5.